The van der Waals surface area contributed by atoms with Crippen molar-refractivity contribution < 1.29 is 4.43 Å². The molecular weight excluding hydrogens is 452 g/mol. The lowest BCUT2D eigenvalue weighted by Crippen LogP contribution is -2.40. The molecule has 0 aliphatic heterocycles. The van der Waals surface area contributed by atoms with E-state index in [-0.39, 0.29) is 0 Å². The van der Waals surface area contributed by atoms with Gasteiger partial charge in [-0.1, -0.05) is 162 Å². The monoisotopic (exact) mass is 523 g/mol. The first kappa shape index (κ1) is 35.9. The molecule has 0 aliphatic rings. The van der Waals surface area contributed by atoms with Gasteiger partial charge in [0, 0.05) is 6.61 Å². The van der Waals surface area contributed by atoms with Crippen molar-refractivity contribution in [2.45, 2.75) is 200 Å². The molecule has 0 aliphatic carbocycles. The second-order valence-corrected chi connectivity index (χ2v) is 17.9. The summed E-state index contributed by atoms with van der Waals surface area (Å²) < 4.78 is 6.29. The van der Waals surface area contributed by atoms with Crippen molar-refractivity contribution in [1.29, 1.82) is 0 Å². The molecule has 0 bridgehead atoms. The van der Waals surface area contributed by atoms with Crippen molar-refractivity contribution in [3.63, 3.8) is 0 Å². The van der Waals surface area contributed by atoms with E-state index in [0.29, 0.717) is 5.04 Å². The van der Waals surface area contributed by atoms with Crippen LogP contribution in [0, 0.1) is 0 Å². The summed E-state index contributed by atoms with van der Waals surface area (Å²) in [5, 5.41) is 0.344. The molecule has 216 valence electrons. The van der Waals surface area contributed by atoms with E-state index in [1.807, 2.05) is 0 Å². The zero-order valence-electron chi connectivity index (χ0n) is 26.2. The average Bonchev–Trinajstić information content (AvgIpc) is 2.82. The molecule has 36 heavy (non-hydrogen) atoms. The van der Waals surface area contributed by atoms with Crippen LogP contribution in [0.15, 0.2) is 12.2 Å². The second kappa shape index (κ2) is 25.2. The van der Waals surface area contributed by atoms with Gasteiger partial charge in [-0.25, -0.2) is 0 Å². The van der Waals surface area contributed by atoms with Gasteiger partial charge in [0.1, 0.15) is 0 Å². The molecule has 0 heterocycles. The van der Waals surface area contributed by atoms with Crippen LogP contribution < -0.4 is 0 Å². The predicted octanol–water partition coefficient (Wildman–Crippen LogP) is 12.9. The maximum Gasteiger partial charge on any atom is 0.191 e. The maximum absolute atomic E-state index is 6.29. The zero-order valence-corrected chi connectivity index (χ0v) is 27.2. The van der Waals surface area contributed by atoms with Gasteiger partial charge < -0.3 is 4.43 Å². The smallest absolute Gasteiger partial charge is 0.191 e. The summed E-state index contributed by atoms with van der Waals surface area (Å²) in [4.78, 5) is 0. The first-order chi connectivity index (χ1) is 17.3. The van der Waals surface area contributed by atoms with Crippen LogP contribution in [0.25, 0.3) is 0 Å². The molecule has 2 heteroatoms. The molecule has 0 aromatic rings. The average molecular weight is 523 g/mol. The normalized spacial score (nSPS) is 12.7. The lowest BCUT2D eigenvalue weighted by molar-refractivity contribution is 0.277. The molecule has 0 rings (SSSR count). The Morgan fingerprint density at radius 3 is 1.11 bits per heavy atom. The van der Waals surface area contributed by atoms with E-state index in [1.165, 1.54) is 154 Å². The molecule has 0 fully saturated rings. The van der Waals surface area contributed by atoms with Gasteiger partial charge >= 0.3 is 0 Å². The molecule has 0 N–H and O–H groups in total. The zero-order chi connectivity index (χ0) is 26.8. The highest BCUT2D eigenvalue weighted by Crippen LogP contribution is 2.36. The van der Waals surface area contributed by atoms with Crippen LogP contribution in [-0.4, -0.2) is 14.9 Å². The van der Waals surface area contributed by atoms with Gasteiger partial charge in [-0.2, -0.15) is 0 Å². The van der Waals surface area contributed by atoms with E-state index >= 15 is 0 Å². The van der Waals surface area contributed by atoms with Crippen LogP contribution in [0.2, 0.25) is 18.1 Å². The summed E-state index contributed by atoms with van der Waals surface area (Å²) in [6.07, 6.45) is 38.8. The number of hydrogen-bond donors (Lipinski definition) is 0. The number of rotatable bonds is 27. The highest BCUT2D eigenvalue weighted by Gasteiger charge is 2.36. The Morgan fingerprint density at radius 1 is 0.472 bits per heavy atom. The van der Waals surface area contributed by atoms with Gasteiger partial charge in [-0.15, -0.1) is 0 Å². The summed E-state index contributed by atoms with van der Waals surface area (Å²) >= 11 is 0. The van der Waals surface area contributed by atoms with Crippen molar-refractivity contribution in [2.24, 2.45) is 0 Å². The fourth-order valence-electron chi connectivity index (χ4n) is 4.66. The molecule has 0 atom stereocenters. The summed E-state index contributed by atoms with van der Waals surface area (Å²) in [6, 6.07) is 0. The van der Waals surface area contributed by atoms with Gasteiger partial charge in [-0.3, -0.25) is 0 Å². The van der Waals surface area contributed by atoms with Crippen molar-refractivity contribution >= 4 is 8.32 Å². The quantitative estimate of drug-likeness (QED) is 0.0592. The first-order valence-corrected chi connectivity index (χ1v) is 19.5. The Kier molecular flexibility index (Phi) is 25.2. The van der Waals surface area contributed by atoms with Crippen molar-refractivity contribution in [1.82, 2.24) is 0 Å². The Hall–Kier alpha value is -0.0831. The Labute approximate surface area is 231 Å². The van der Waals surface area contributed by atoms with E-state index in [4.69, 9.17) is 4.43 Å². The Bertz CT molecular complexity index is 462. The van der Waals surface area contributed by atoms with Gasteiger partial charge in [0.25, 0.3) is 0 Å². The minimum absolute atomic E-state index is 0.344. The molecule has 0 saturated heterocycles. The SMILES string of the molecule is CCCCCCCC/C=C\CCCCCCCCCCCCCCCCCCO[Si](C)(C)C(C)(C)C. The van der Waals surface area contributed by atoms with Gasteiger partial charge in [-0.05, 0) is 50.2 Å². The lowest BCUT2D eigenvalue weighted by Gasteiger charge is -2.36. The molecule has 1 nitrogen and oxygen atoms in total. The Morgan fingerprint density at radius 2 is 0.778 bits per heavy atom. The van der Waals surface area contributed by atoms with E-state index in [9.17, 15) is 0 Å². The van der Waals surface area contributed by atoms with Crippen molar-refractivity contribution in [2.75, 3.05) is 6.61 Å². The van der Waals surface area contributed by atoms with Gasteiger partial charge in [0.15, 0.2) is 8.32 Å². The molecule has 0 unspecified atom stereocenters. The van der Waals surface area contributed by atoms with Crippen LogP contribution in [0.1, 0.15) is 182 Å². The summed E-state index contributed by atoms with van der Waals surface area (Å²) in [7, 11) is -1.53. The first-order valence-electron chi connectivity index (χ1n) is 16.6. The van der Waals surface area contributed by atoms with Gasteiger partial charge in [0.05, 0.1) is 0 Å². The third kappa shape index (κ3) is 24.3. The third-order valence-electron chi connectivity index (χ3n) is 8.43. The lowest BCUT2D eigenvalue weighted by atomic mass is 10.0. The summed E-state index contributed by atoms with van der Waals surface area (Å²) in [5.74, 6) is 0. The van der Waals surface area contributed by atoms with Crippen LogP contribution in [-0.2, 0) is 4.43 Å². The van der Waals surface area contributed by atoms with E-state index in [0.717, 1.165) is 6.61 Å². The van der Waals surface area contributed by atoms with E-state index in [1.54, 1.807) is 0 Å². The topological polar surface area (TPSA) is 9.23 Å². The van der Waals surface area contributed by atoms with Crippen LogP contribution >= 0.6 is 0 Å². The molecule has 0 aromatic carbocycles. The molecular formula is C34H70OSi. The highest BCUT2D eigenvalue weighted by atomic mass is 28.4. The Balaban J connectivity index is 3.18. The highest BCUT2D eigenvalue weighted by molar-refractivity contribution is 6.74. The second-order valence-electron chi connectivity index (χ2n) is 13.1. The fraction of sp³-hybridized carbons (Fsp3) is 0.941. The standard InChI is InChI=1S/C34H70OSi/c1-7-8-9-10-11-12-13-14-15-16-17-18-19-20-21-22-23-24-25-26-27-28-29-30-31-32-33-35-36(5,6)34(2,3)4/h14-15H,7-13,16-33H2,1-6H3/b15-14-. The van der Waals surface area contributed by atoms with E-state index in [2.05, 4.69) is 52.9 Å². The summed E-state index contributed by atoms with van der Waals surface area (Å²) in [5.41, 5.74) is 0. The number of unbranched alkanes of at least 4 members (excludes halogenated alkanes) is 22. The fourth-order valence-corrected chi connectivity index (χ4v) is 5.75. The largest absolute Gasteiger partial charge is 0.417 e. The molecule has 0 radical (unpaired) electrons. The van der Waals surface area contributed by atoms with Crippen LogP contribution in [0.5, 0.6) is 0 Å². The molecule has 0 aromatic heterocycles. The van der Waals surface area contributed by atoms with Crippen molar-refractivity contribution in [3.05, 3.63) is 12.2 Å². The predicted molar refractivity (Wildman–Crippen MR) is 169 cm³/mol. The van der Waals surface area contributed by atoms with Crippen molar-refractivity contribution in [3.8, 4) is 0 Å². The number of allylic oxidation sites excluding steroid dienone is 2. The summed E-state index contributed by atoms with van der Waals surface area (Å²) in [6.45, 7) is 15.0. The third-order valence-corrected chi connectivity index (χ3v) is 13.0. The van der Waals surface area contributed by atoms with E-state index < -0.39 is 8.32 Å². The van der Waals surface area contributed by atoms with Crippen LogP contribution in [0.4, 0.5) is 0 Å². The molecule has 0 spiro atoms. The van der Waals surface area contributed by atoms with Gasteiger partial charge in [0.2, 0.25) is 0 Å². The molecule has 0 amide bonds. The minimum Gasteiger partial charge on any atom is -0.417 e. The maximum atomic E-state index is 6.29. The number of hydrogen-bond acceptors (Lipinski definition) is 1. The molecule has 0 saturated carbocycles. The minimum atomic E-state index is -1.53. The van der Waals surface area contributed by atoms with Crippen LogP contribution in [0.3, 0.4) is 0 Å².